The number of morpholine rings is 1. The van der Waals surface area contributed by atoms with Crippen molar-refractivity contribution in [2.75, 3.05) is 32.7 Å². The Morgan fingerprint density at radius 3 is 2.48 bits per heavy atom. The van der Waals surface area contributed by atoms with Crippen LogP contribution in [0.3, 0.4) is 0 Å². The summed E-state index contributed by atoms with van der Waals surface area (Å²) in [6.07, 6.45) is -0.413. The van der Waals surface area contributed by atoms with E-state index in [9.17, 15) is 14.7 Å². The second-order valence-electron chi connectivity index (χ2n) is 6.29. The van der Waals surface area contributed by atoms with Gasteiger partial charge in [0, 0.05) is 18.3 Å². The van der Waals surface area contributed by atoms with Crippen molar-refractivity contribution in [1.82, 2.24) is 4.90 Å². The number of aliphatic hydroxyl groups is 1. The van der Waals surface area contributed by atoms with Gasteiger partial charge in [0.15, 0.2) is 0 Å². The summed E-state index contributed by atoms with van der Waals surface area (Å²) in [7, 11) is 3.23. The Morgan fingerprint density at radius 1 is 1.22 bits per heavy atom. The summed E-state index contributed by atoms with van der Waals surface area (Å²) in [4.78, 5) is 25.6. The van der Waals surface area contributed by atoms with Crippen molar-refractivity contribution < 1.29 is 24.2 Å². The fraction of sp³-hybridized carbons (Fsp3) is 0.300. The molecule has 142 valence electrons. The molecule has 2 unspecified atom stereocenters. The van der Waals surface area contributed by atoms with Crippen molar-refractivity contribution in [3.63, 3.8) is 0 Å². The highest BCUT2D eigenvalue weighted by molar-refractivity contribution is 6.04. The molecule has 2 N–H and O–H groups in total. The number of rotatable bonds is 5. The standard InChI is InChI=1S/C20H22N2O5/c1-22-17(11-23)19(27-12-18(22)24)13-3-7-15(8-4-13)21-20(25)14-5-9-16(26-2)10-6-14/h3-10,17,19,23H,11-12H2,1-2H3,(H,21,25). The number of nitrogens with one attached hydrogen (secondary N) is 1. The molecule has 1 heterocycles. The van der Waals surface area contributed by atoms with Gasteiger partial charge in [0.05, 0.1) is 19.8 Å². The zero-order valence-electron chi connectivity index (χ0n) is 15.2. The molecule has 7 nitrogen and oxygen atoms in total. The number of hydrogen-bond donors (Lipinski definition) is 2. The van der Waals surface area contributed by atoms with E-state index in [1.807, 2.05) is 12.1 Å². The van der Waals surface area contributed by atoms with Gasteiger partial charge in [0.25, 0.3) is 5.91 Å². The summed E-state index contributed by atoms with van der Waals surface area (Å²) in [5.74, 6) is 0.303. The van der Waals surface area contributed by atoms with Crippen molar-refractivity contribution in [1.29, 1.82) is 0 Å². The highest BCUT2D eigenvalue weighted by Gasteiger charge is 2.34. The monoisotopic (exact) mass is 370 g/mol. The maximum Gasteiger partial charge on any atom is 0.255 e. The summed E-state index contributed by atoms with van der Waals surface area (Å²) >= 11 is 0. The van der Waals surface area contributed by atoms with Gasteiger partial charge in [0.1, 0.15) is 18.5 Å². The predicted molar refractivity (Wildman–Crippen MR) is 99.7 cm³/mol. The van der Waals surface area contributed by atoms with Crippen LogP contribution < -0.4 is 10.1 Å². The number of anilines is 1. The maximum absolute atomic E-state index is 12.3. The summed E-state index contributed by atoms with van der Waals surface area (Å²) in [6.45, 7) is -0.212. The molecule has 0 aromatic heterocycles. The maximum atomic E-state index is 12.3. The number of hydrogen-bond acceptors (Lipinski definition) is 5. The molecule has 1 aliphatic rings. The first-order valence-electron chi connectivity index (χ1n) is 8.57. The Hall–Kier alpha value is -2.90. The van der Waals surface area contributed by atoms with Crippen LogP contribution in [-0.4, -0.2) is 55.2 Å². The summed E-state index contributed by atoms with van der Waals surface area (Å²) in [6, 6.07) is 13.6. The van der Waals surface area contributed by atoms with Gasteiger partial charge < -0.3 is 24.8 Å². The summed E-state index contributed by atoms with van der Waals surface area (Å²) in [5.41, 5.74) is 1.99. The molecule has 0 saturated carbocycles. The average molecular weight is 370 g/mol. The van der Waals surface area contributed by atoms with Gasteiger partial charge in [-0.1, -0.05) is 12.1 Å². The second kappa shape index (κ2) is 8.20. The molecular weight excluding hydrogens is 348 g/mol. The number of nitrogens with zero attached hydrogens (tertiary/aromatic N) is 1. The largest absolute Gasteiger partial charge is 0.497 e. The van der Waals surface area contributed by atoms with Crippen molar-refractivity contribution in [3.05, 3.63) is 59.7 Å². The number of carbonyl (C=O) groups excluding carboxylic acids is 2. The van der Waals surface area contributed by atoms with E-state index in [-0.39, 0.29) is 25.0 Å². The quantitative estimate of drug-likeness (QED) is 0.839. The minimum Gasteiger partial charge on any atom is -0.497 e. The fourth-order valence-corrected chi connectivity index (χ4v) is 3.00. The van der Waals surface area contributed by atoms with Crippen LogP contribution in [0.1, 0.15) is 22.0 Å². The topological polar surface area (TPSA) is 88.1 Å². The third kappa shape index (κ3) is 4.10. The van der Waals surface area contributed by atoms with Gasteiger partial charge in [-0.25, -0.2) is 0 Å². The van der Waals surface area contributed by atoms with E-state index < -0.39 is 12.1 Å². The molecule has 1 fully saturated rings. The SMILES string of the molecule is COc1ccc(C(=O)Nc2ccc(C3OCC(=O)N(C)C3CO)cc2)cc1. The van der Waals surface area contributed by atoms with Gasteiger partial charge in [-0.15, -0.1) is 0 Å². The summed E-state index contributed by atoms with van der Waals surface area (Å²) in [5, 5.41) is 12.4. The number of aliphatic hydroxyl groups excluding tert-OH is 1. The van der Waals surface area contributed by atoms with Gasteiger partial charge in [0.2, 0.25) is 5.91 Å². The van der Waals surface area contributed by atoms with Gasteiger partial charge in [-0.3, -0.25) is 9.59 Å². The third-order valence-electron chi connectivity index (χ3n) is 4.66. The Labute approximate surface area is 157 Å². The van der Waals surface area contributed by atoms with E-state index in [2.05, 4.69) is 5.32 Å². The lowest BCUT2D eigenvalue weighted by Gasteiger charge is -2.38. The summed E-state index contributed by atoms with van der Waals surface area (Å²) < 4.78 is 10.7. The molecule has 0 bridgehead atoms. The molecule has 1 saturated heterocycles. The molecule has 2 amide bonds. The number of carbonyl (C=O) groups is 2. The minimum absolute atomic E-state index is 0.0202. The van der Waals surface area contributed by atoms with Crippen molar-refractivity contribution in [2.24, 2.45) is 0 Å². The van der Waals surface area contributed by atoms with Crippen LogP contribution in [0.4, 0.5) is 5.69 Å². The van der Waals surface area contributed by atoms with Crippen LogP contribution in [0.15, 0.2) is 48.5 Å². The molecule has 27 heavy (non-hydrogen) atoms. The molecule has 7 heteroatoms. The first-order chi connectivity index (χ1) is 13.0. The number of methoxy groups -OCH3 is 1. The van der Waals surface area contributed by atoms with E-state index in [1.165, 1.54) is 4.90 Å². The third-order valence-corrected chi connectivity index (χ3v) is 4.66. The van der Waals surface area contributed by atoms with E-state index >= 15 is 0 Å². The Morgan fingerprint density at radius 2 is 1.89 bits per heavy atom. The zero-order chi connectivity index (χ0) is 19.4. The zero-order valence-corrected chi connectivity index (χ0v) is 15.2. The van der Waals surface area contributed by atoms with E-state index in [1.54, 1.807) is 50.6 Å². The number of likely N-dealkylation sites (N-methyl/N-ethyl adjacent to an activating group) is 1. The van der Waals surface area contributed by atoms with Crippen LogP contribution in [0.25, 0.3) is 0 Å². The lowest BCUT2D eigenvalue weighted by molar-refractivity contribution is -0.157. The van der Waals surface area contributed by atoms with E-state index in [0.717, 1.165) is 5.56 Å². The van der Waals surface area contributed by atoms with Crippen LogP contribution in [-0.2, 0) is 9.53 Å². The van der Waals surface area contributed by atoms with Crippen LogP contribution in [0.2, 0.25) is 0 Å². The molecule has 2 aromatic rings. The first-order valence-corrected chi connectivity index (χ1v) is 8.57. The number of benzene rings is 2. The molecule has 2 aromatic carbocycles. The Balaban J connectivity index is 1.69. The smallest absolute Gasteiger partial charge is 0.255 e. The number of amides is 2. The first kappa shape index (κ1) is 18.9. The minimum atomic E-state index is -0.439. The van der Waals surface area contributed by atoms with Gasteiger partial charge in [-0.05, 0) is 42.0 Å². The highest BCUT2D eigenvalue weighted by Crippen LogP contribution is 2.29. The van der Waals surface area contributed by atoms with Crippen molar-refractivity contribution in [2.45, 2.75) is 12.1 Å². The van der Waals surface area contributed by atoms with E-state index in [4.69, 9.17) is 9.47 Å². The molecule has 2 atom stereocenters. The lowest BCUT2D eigenvalue weighted by atomic mass is 9.99. The molecule has 1 aliphatic heterocycles. The van der Waals surface area contributed by atoms with Gasteiger partial charge >= 0.3 is 0 Å². The van der Waals surface area contributed by atoms with Crippen molar-refractivity contribution in [3.8, 4) is 5.75 Å². The van der Waals surface area contributed by atoms with Crippen LogP contribution >= 0.6 is 0 Å². The predicted octanol–water partition coefficient (Wildman–Crippen LogP) is 1.84. The van der Waals surface area contributed by atoms with Gasteiger partial charge in [-0.2, -0.15) is 0 Å². The molecule has 0 aliphatic carbocycles. The molecular formula is C20H22N2O5. The van der Waals surface area contributed by atoms with Crippen molar-refractivity contribution >= 4 is 17.5 Å². The second-order valence-corrected chi connectivity index (χ2v) is 6.29. The Bertz CT molecular complexity index is 804. The average Bonchev–Trinajstić information content (AvgIpc) is 2.70. The highest BCUT2D eigenvalue weighted by atomic mass is 16.5. The normalized spacial score (nSPS) is 19.7. The lowest BCUT2D eigenvalue weighted by Crippen LogP contribution is -2.50. The fourth-order valence-electron chi connectivity index (χ4n) is 3.00. The molecule has 0 spiro atoms. The number of ether oxygens (including phenoxy) is 2. The molecule has 0 radical (unpaired) electrons. The van der Waals surface area contributed by atoms with E-state index in [0.29, 0.717) is 17.0 Å². The molecule has 3 rings (SSSR count). The Kier molecular flexibility index (Phi) is 5.73. The van der Waals surface area contributed by atoms with Crippen LogP contribution in [0.5, 0.6) is 5.75 Å². The van der Waals surface area contributed by atoms with Crippen LogP contribution in [0, 0.1) is 0 Å².